The van der Waals surface area contributed by atoms with Crippen LogP contribution >= 0.6 is 0 Å². The molecule has 1 atom stereocenters. The van der Waals surface area contributed by atoms with Crippen molar-refractivity contribution < 1.29 is 24.5 Å². The molecule has 3 N–H and O–H groups in total. The number of nitrogens with one attached hydrogen (secondary N) is 1. The van der Waals surface area contributed by atoms with E-state index in [2.05, 4.69) is 5.32 Å². The molecule has 0 saturated heterocycles. The maximum absolute atomic E-state index is 12.6. The predicted molar refractivity (Wildman–Crippen MR) is 112 cm³/mol. The predicted octanol–water partition coefficient (Wildman–Crippen LogP) is 4.27. The summed E-state index contributed by atoms with van der Waals surface area (Å²) in [6, 6.07) is 20.7. The first kappa shape index (κ1) is 20.6. The van der Waals surface area contributed by atoms with Gasteiger partial charge in [-0.2, -0.15) is 0 Å². The van der Waals surface area contributed by atoms with E-state index >= 15 is 0 Å². The van der Waals surface area contributed by atoms with Crippen molar-refractivity contribution in [3.63, 3.8) is 0 Å². The van der Waals surface area contributed by atoms with E-state index in [9.17, 15) is 9.90 Å². The van der Waals surface area contributed by atoms with E-state index in [4.69, 9.17) is 14.6 Å². The van der Waals surface area contributed by atoms with Gasteiger partial charge in [-0.1, -0.05) is 48.5 Å². The molecule has 3 rings (SSSR count). The largest absolute Gasteiger partial charge is 0.491 e. The number of benzene rings is 3. The molecule has 0 heterocycles. The lowest BCUT2D eigenvalue weighted by Crippen LogP contribution is -2.18. The van der Waals surface area contributed by atoms with E-state index in [1.807, 2.05) is 54.6 Å². The molecule has 0 bridgehead atoms. The van der Waals surface area contributed by atoms with Gasteiger partial charge in [-0.05, 0) is 42.0 Å². The molecule has 152 valence electrons. The SMILES string of the molecule is O=C(Nc1cccc2ccccc12)O[C@@H](CCCO)c1ccc(OCCO)cc1. The number of ether oxygens (including phenoxy) is 2. The maximum Gasteiger partial charge on any atom is 0.412 e. The molecule has 3 aromatic carbocycles. The molecule has 0 aliphatic carbocycles. The zero-order valence-corrected chi connectivity index (χ0v) is 16.1. The summed E-state index contributed by atoms with van der Waals surface area (Å²) >= 11 is 0. The molecule has 0 aromatic heterocycles. The third-order valence-corrected chi connectivity index (χ3v) is 4.51. The molecule has 0 aliphatic rings. The lowest BCUT2D eigenvalue weighted by Gasteiger charge is -2.19. The molecule has 0 spiro atoms. The molecule has 0 fully saturated rings. The van der Waals surface area contributed by atoms with Crippen LogP contribution in [0, 0.1) is 0 Å². The molecule has 6 nitrogen and oxygen atoms in total. The van der Waals surface area contributed by atoms with Crippen molar-refractivity contribution in [1.29, 1.82) is 0 Å². The highest BCUT2D eigenvalue weighted by Gasteiger charge is 2.17. The summed E-state index contributed by atoms with van der Waals surface area (Å²) in [5.41, 5.74) is 1.49. The van der Waals surface area contributed by atoms with Crippen molar-refractivity contribution in [2.75, 3.05) is 25.1 Å². The summed E-state index contributed by atoms with van der Waals surface area (Å²) in [5.74, 6) is 0.629. The third kappa shape index (κ3) is 5.70. The zero-order chi connectivity index (χ0) is 20.5. The van der Waals surface area contributed by atoms with E-state index < -0.39 is 12.2 Å². The third-order valence-electron chi connectivity index (χ3n) is 4.51. The van der Waals surface area contributed by atoms with Gasteiger partial charge in [0, 0.05) is 12.0 Å². The second-order valence-corrected chi connectivity index (χ2v) is 6.55. The van der Waals surface area contributed by atoms with Gasteiger partial charge < -0.3 is 19.7 Å². The van der Waals surface area contributed by atoms with Gasteiger partial charge in [0.2, 0.25) is 0 Å². The van der Waals surface area contributed by atoms with Crippen LogP contribution in [0.2, 0.25) is 0 Å². The highest BCUT2D eigenvalue weighted by Crippen LogP contribution is 2.27. The van der Waals surface area contributed by atoms with Crippen molar-refractivity contribution in [3.8, 4) is 5.75 Å². The monoisotopic (exact) mass is 395 g/mol. The molecule has 3 aromatic rings. The van der Waals surface area contributed by atoms with Gasteiger partial charge in [-0.3, -0.25) is 5.32 Å². The van der Waals surface area contributed by atoms with Crippen LogP contribution in [-0.2, 0) is 4.74 Å². The minimum atomic E-state index is -0.551. The van der Waals surface area contributed by atoms with Crippen molar-refractivity contribution in [1.82, 2.24) is 0 Å². The average Bonchev–Trinajstić information content (AvgIpc) is 2.76. The number of hydrogen-bond acceptors (Lipinski definition) is 5. The summed E-state index contributed by atoms with van der Waals surface area (Å²) in [4.78, 5) is 12.6. The molecule has 0 radical (unpaired) electrons. The fourth-order valence-electron chi connectivity index (χ4n) is 3.12. The normalized spacial score (nSPS) is 11.8. The lowest BCUT2D eigenvalue weighted by atomic mass is 10.0. The van der Waals surface area contributed by atoms with Crippen LogP contribution in [0.5, 0.6) is 5.75 Å². The molecule has 29 heavy (non-hydrogen) atoms. The van der Waals surface area contributed by atoms with Crippen LogP contribution in [0.15, 0.2) is 66.7 Å². The number of amides is 1. The van der Waals surface area contributed by atoms with Crippen molar-refractivity contribution in [2.45, 2.75) is 18.9 Å². The number of aliphatic hydroxyl groups excluding tert-OH is 2. The van der Waals surface area contributed by atoms with Crippen LogP contribution < -0.4 is 10.1 Å². The van der Waals surface area contributed by atoms with Gasteiger partial charge in [0.15, 0.2) is 0 Å². The lowest BCUT2D eigenvalue weighted by molar-refractivity contribution is 0.0994. The first-order valence-corrected chi connectivity index (χ1v) is 9.61. The van der Waals surface area contributed by atoms with Gasteiger partial charge in [0.25, 0.3) is 0 Å². The zero-order valence-electron chi connectivity index (χ0n) is 16.1. The summed E-state index contributed by atoms with van der Waals surface area (Å²) in [7, 11) is 0. The highest BCUT2D eigenvalue weighted by atomic mass is 16.6. The van der Waals surface area contributed by atoms with Crippen LogP contribution in [0.3, 0.4) is 0 Å². The molecule has 1 amide bonds. The van der Waals surface area contributed by atoms with Crippen LogP contribution in [0.1, 0.15) is 24.5 Å². The Balaban J connectivity index is 1.71. The Morgan fingerprint density at radius 2 is 1.69 bits per heavy atom. The summed E-state index contributed by atoms with van der Waals surface area (Å²) < 4.78 is 11.0. The van der Waals surface area contributed by atoms with E-state index in [1.165, 1.54) is 0 Å². The van der Waals surface area contributed by atoms with Gasteiger partial charge >= 0.3 is 6.09 Å². The van der Waals surface area contributed by atoms with Crippen molar-refractivity contribution in [2.24, 2.45) is 0 Å². The number of aliphatic hydroxyl groups is 2. The summed E-state index contributed by atoms with van der Waals surface area (Å²) in [6.07, 6.45) is -0.0421. The molecular formula is C23H25NO5. The topological polar surface area (TPSA) is 88.0 Å². The molecule has 6 heteroatoms. The van der Waals surface area contributed by atoms with E-state index in [0.717, 1.165) is 16.3 Å². The minimum Gasteiger partial charge on any atom is -0.491 e. The molecule has 0 unspecified atom stereocenters. The number of anilines is 1. The van der Waals surface area contributed by atoms with Gasteiger partial charge in [-0.25, -0.2) is 4.79 Å². The Hall–Kier alpha value is -3.09. The quantitative estimate of drug-likeness (QED) is 0.503. The number of rotatable bonds is 9. The molecule has 0 aliphatic heterocycles. The standard InChI is InChI=1S/C23H25NO5/c25-14-4-9-22(18-10-12-19(13-11-18)28-16-15-26)29-23(27)24-21-8-3-6-17-5-1-2-7-20(17)21/h1-3,5-8,10-13,22,25-26H,4,9,14-16H2,(H,24,27)/t22-/m0/s1. The minimum absolute atomic E-state index is 0.0164. The first-order chi connectivity index (χ1) is 14.2. The average molecular weight is 395 g/mol. The molecular weight excluding hydrogens is 370 g/mol. The van der Waals surface area contributed by atoms with Crippen LogP contribution in [-0.4, -0.2) is 36.1 Å². The van der Waals surface area contributed by atoms with E-state index in [-0.39, 0.29) is 19.8 Å². The number of carbonyl (C=O) groups is 1. The summed E-state index contributed by atoms with van der Waals surface area (Å²) in [5, 5.41) is 22.8. The van der Waals surface area contributed by atoms with Gasteiger partial charge in [0.05, 0.1) is 12.3 Å². The summed E-state index contributed by atoms with van der Waals surface area (Å²) in [6.45, 7) is 0.179. The highest BCUT2D eigenvalue weighted by molar-refractivity contribution is 6.00. The Bertz CT molecular complexity index is 921. The van der Waals surface area contributed by atoms with Crippen molar-refractivity contribution in [3.05, 3.63) is 72.3 Å². The Morgan fingerprint density at radius 1 is 0.931 bits per heavy atom. The Labute approximate surface area is 169 Å². The second-order valence-electron chi connectivity index (χ2n) is 6.55. The first-order valence-electron chi connectivity index (χ1n) is 9.61. The fourth-order valence-corrected chi connectivity index (χ4v) is 3.12. The maximum atomic E-state index is 12.6. The van der Waals surface area contributed by atoms with Crippen LogP contribution in [0.25, 0.3) is 10.8 Å². The number of carbonyl (C=O) groups excluding carboxylic acids is 1. The van der Waals surface area contributed by atoms with Crippen LogP contribution in [0.4, 0.5) is 10.5 Å². The number of hydrogen-bond donors (Lipinski definition) is 3. The fraction of sp³-hybridized carbons (Fsp3) is 0.261. The number of fused-ring (bicyclic) bond motifs is 1. The Morgan fingerprint density at radius 3 is 2.45 bits per heavy atom. The van der Waals surface area contributed by atoms with Gasteiger partial charge in [-0.15, -0.1) is 0 Å². The second kappa shape index (κ2) is 10.5. The van der Waals surface area contributed by atoms with Gasteiger partial charge in [0.1, 0.15) is 18.5 Å². The Kier molecular flexibility index (Phi) is 7.44. The molecule has 0 saturated carbocycles. The van der Waals surface area contributed by atoms with E-state index in [1.54, 1.807) is 12.1 Å². The van der Waals surface area contributed by atoms with E-state index in [0.29, 0.717) is 24.3 Å². The smallest absolute Gasteiger partial charge is 0.412 e. The van der Waals surface area contributed by atoms with Crippen molar-refractivity contribution >= 4 is 22.6 Å².